The lowest BCUT2D eigenvalue weighted by atomic mass is 9.85. The van der Waals surface area contributed by atoms with Gasteiger partial charge >= 0.3 is 6.03 Å². The van der Waals surface area contributed by atoms with Crippen LogP contribution in [0.25, 0.3) is 11.1 Å². The predicted molar refractivity (Wildman–Crippen MR) is 185 cm³/mol. The van der Waals surface area contributed by atoms with Crippen molar-refractivity contribution < 1.29 is 24.0 Å². The van der Waals surface area contributed by atoms with E-state index in [1.165, 1.54) is 0 Å². The zero-order chi connectivity index (χ0) is 33.9. The maximum Gasteiger partial charge on any atom is 0.315 e. The Kier molecular flexibility index (Phi) is 11.6. The summed E-state index contributed by atoms with van der Waals surface area (Å²) in [5, 5.41) is 8.28. The van der Waals surface area contributed by atoms with E-state index in [1.54, 1.807) is 6.92 Å². The maximum absolute atomic E-state index is 14.0. The topological polar surface area (TPSA) is 121 Å². The Bertz CT molecular complexity index is 1760. The van der Waals surface area contributed by atoms with Gasteiger partial charge in [-0.1, -0.05) is 103 Å². The third-order valence-corrected chi connectivity index (χ3v) is 8.71. The summed E-state index contributed by atoms with van der Waals surface area (Å²) in [5.74, 6) is -2.83. The molecule has 5 rings (SSSR count). The second-order valence-electron chi connectivity index (χ2n) is 12.4. The fourth-order valence-corrected chi connectivity index (χ4v) is 5.98. The fourth-order valence-electron chi connectivity index (χ4n) is 5.98. The Morgan fingerprint density at radius 1 is 0.750 bits per heavy atom. The molecule has 3 amide bonds. The van der Waals surface area contributed by atoms with Gasteiger partial charge in [-0.15, -0.1) is 0 Å². The Morgan fingerprint density at radius 2 is 1.38 bits per heavy atom. The summed E-state index contributed by atoms with van der Waals surface area (Å²) in [6.07, 6.45) is 1.26. The van der Waals surface area contributed by atoms with Crippen molar-refractivity contribution in [1.82, 2.24) is 16.0 Å². The molecule has 1 aliphatic rings. The molecule has 0 spiro atoms. The molecule has 1 heterocycles. The molecule has 0 saturated heterocycles. The number of amides is 3. The highest BCUT2D eigenvalue weighted by Crippen LogP contribution is 2.24. The number of rotatable bonds is 10. The highest BCUT2D eigenvalue weighted by Gasteiger charge is 2.31. The molecule has 8 heteroatoms. The third-order valence-electron chi connectivity index (χ3n) is 8.71. The number of benzene rings is 4. The predicted octanol–water partition coefficient (Wildman–Crippen LogP) is 5.56. The van der Waals surface area contributed by atoms with E-state index < -0.39 is 41.5 Å². The Morgan fingerprint density at radius 3 is 2.06 bits per heavy atom. The van der Waals surface area contributed by atoms with Crippen LogP contribution < -0.4 is 16.0 Å². The third kappa shape index (κ3) is 9.58. The van der Waals surface area contributed by atoms with Gasteiger partial charge in [0.15, 0.2) is 11.6 Å². The first-order chi connectivity index (χ1) is 23.2. The van der Waals surface area contributed by atoms with Crippen molar-refractivity contribution in [3.05, 3.63) is 131 Å². The average Bonchev–Trinajstić information content (AvgIpc) is 3.11. The van der Waals surface area contributed by atoms with Gasteiger partial charge in [-0.25, -0.2) is 4.79 Å². The second-order valence-corrected chi connectivity index (χ2v) is 12.4. The highest BCUT2D eigenvalue weighted by atomic mass is 16.2. The highest BCUT2D eigenvalue weighted by molar-refractivity contribution is 6.38. The Hall–Kier alpha value is -5.37. The van der Waals surface area contributed by atoms with E-state index in [1.807, 2.05) is 103 Å². The molecule has 8 nitrogen and oxygen atoms in total. The van der Waals surface area contributed by atoms with Crippen LogP contribution in [0.15, 0.2) is 109 Å². The second kappa shape index (κ2) is 16.5. The van der Waals surface area contributed by atoms with Crippen LogP contribution in [0.2, 0.25) is 0 Å². The summed E-state index contributed by atoms with van der Waals surface area (Å²) in [5.41, 5.74) is 5.69. The number of hydrogen-bond acceptors (Lipinski definition) is 5. The van der Waals surface area contributed by atoms with Gasteiger partial charge in [0.1, 0.15) is 6.04 Å². The number of nitrogens with one attached hydrogen (secondary N) is 3. The van der Waals surface area contributed by atoms with Crippen molar-refractivity contribution in [1.29, 1.82) is 0 Å². The summed E-state index contributed by atoms with van der Waals surface area (Å²) in [6.45, 7) is 1.83. The van der Waals surface area contributed by atoms with Crippen molar-refractivity contribution >= 4 is 29.3 Å². The van der Waals surface area contributed by atoms with E-state index in [4.69, 9.17) is 0 Å². The van der Waals surface area contributed by atoms with Gasteiger partial charge in [-0.3, -0.25) is 19.2 Å². The largest absolute Gasteiger partial charge is 0.345 e. The van der Waals surface area contributed by atoms with Crippen LogP contribution in [0, 0.1) is 5.92 Å². The molecule has 4 bridgehead atoms. The van der Waals surface area contributed by atoms with Gasteiger partial charge in [0.2, 0.25) is 11.7 Å². The molecule has 48 heavy (non-hydrogen) atoms. The molecule has 0 unspecified atom stereocenters. The zero-order valence-electron chi connectivity index (χ0n) is 27.1. The molecule has 3 atom stereocenters. The molecule has 0 aromatic heterocycles. The quantitative estimate of drug-likeness (QED) is 0.196. The van der Waals surface area contributed by atoms with E-state index >= 15 is 0 Å². The molecule has 0 aliphatic carbocycles. The van der Waals surface area contributed by atoms with Crippen LogP contribution in [-0.4, -0.2) is 41.4 Å². The number of carbonyl (C=O) groups is 5. The first-order valence-electron chi connectivity index (χ1n) is 16.5. The molecule has 4 aromatic carbocycles. The molecule has 1 aliphatic heterocycles. The first kappa shape index (κ1) is 34.0. The monoisotopic (exact) mass is 643 g/mol. The zero-order valence-corrected chi connectivity index (χ0v) is 27.1. The molecule has 3 N–H and O–H groups in total. The molecule has 0 saturated carbocycles. The van der Waals surface area contributed by atoms with Crippen LogP contribution in [-0.2, 0) is 45.0 Å². The first-order valence-corrected chi connectivity index (χ1v) is 16.5. The lowest BCUT2D eigenvalue weighted by Gasteiger charge is -2.23. The van der Waals surface area contributed by atoms with Crippen molar-refractivity contribution in [3.63, 3.8) is 0 Å². The van der Waals surface area contributed by atoms with E-state index in [2.05, 4.69) is 22.0 Å². The average molecular weight is 644 g/mol. The van der Waals surface area contributed by atoms with E-state index in [0.717, 1.165) is 33.4 Å². The van der Waals surface area contributed by atoms with E-state index in [9.17, 15) is 24.0 Å². The molecule has 0 radical (unpaired) electrons. The van der Waals surface area contributed by atoms with E-state index in [-0.39, 0.29) is 38.0 Å². The molecular weight excluding hydrogens is 602 g/mol. The number of fused-ring (bicyclic) bond motifs is 5. The van der Waals surface area contributed by atoms with Gasteiger partial charge in [0.05, 0.1) is 6.04 Å². The van der Waals surface area contributed by atoms with Crippen LogP contribution in [0.4, 0.5) is 4.79 Å². The standard InChI is InChI=1S/C40H41N3O5/c1-27-39(47)43-35(20-18-30-14-8-16-32(22-30)33-17-9-15-31(24-33)26-41-40(48)42-27)37(45)25-34(23-29-12-6-3-7-13-29)38(46)36(44)21-19-28-10-4-2-5-11-28/h2-17,22,24,27,34-35H,18-21,23,25-26H2,1H3,(H,43,47)(H2,41,42,48)/t27-,34+,35-/m0/s1. The summed E-state index contributed by atoms with van der Waals surface area (Å²) in [4.78, 5) is 66.8. The van der Waals surface area contributed by atoms with E-state index in [0.29, 0.717) is 12.8 Å². The number of hydrogen-bond donors (Lipinski definition) is 3. The minimum absolute atomic E-state index is 0.0486. The smallest absolute Gasteiger partial charge is 0.315 e. The number of carbonyl (C=O) groups excluding carboxylic acids is 5. The van der Waals surface area contributed by atoms with Crippen molar-refractivity contribution in [3.8, 4) is 11.1 Å². The van der Waals surface area contributed by atoms with Gasteiger partial charge in [-0.2, -0.15) is 0 Å². The van der Waals surface area contributed by atoms with Gasteiger partial charge < -0.3 is 16.0 Å². The number of Topliss-reactive ketones (excluding diaryl/α,β-unsaturated/α-hetero) is 3. The van der Waals surface area contributed by atoms with Gasteiger partial charge in [0.25, 0.3) is 0 Å². The number of urea groups is 1. The Balaban J connectivity index is 1.38. The molecular formula is C40H41N3O5. The Labute approximate surface area is 281 Å². The minimum Gasteiger partial charge on any atom is -0.345 e. The lowest BCUT2D eigenvalue weighted by Crippen LogP contribution is -2.52. The summed E-state index contributed by atoms with van der Waals surface area (Å²) in [7, 11) is 0. The summed E-state index contributed by atoms with van der Waals surface area (Å²) in [6, 6.07) is 32.3. The molecule has 0 fully saturated rings. The van der Waals surface area contributed by atoms with Crippen molar-refractivity contribution in [2.75, 3.05) is 0 Å². The normalized spacial score (nSPS) is 17.3. The van der Waals surface area contributed by atoms with Gasteiger partial charge in [0, 0.05) is 25.3 Å². The van der Waals surface area contributed by atoms with Crippen LogP contribution in [0.5, 0.6) is 0 Å². The maximum atomic E-state index is 14.0. The van der Waals surface area contributed by atoms with Crippen LogP contribution >= 0.6 is 0 Å². The van der Waals surface area contributed by atoms with Crippen molar-refractivity contribution in [2.24, 2.45) is 5.92 Å². The fraction of sp³-hybridized carbons (Fsp3) is 0.275. The SMILES string of the molecule is C[C@@H]1NC(=O)NCc2cccc(c2)-c2cccc(c2)CC[C@@H](C(=O)C[C@@H](Cc2ccccc2)C(=O)C(=O)CCc2ccccc2)NC1=O. The van der Waals surface area contributed by atoms with Gasteiger partial charge in [-0.05, 0) is 72.1 Å². The summed E-state index contributed by atoms with van der Waals surface area (Å²) < 4.78 is 0. The van der Waals surface area contributed by atoms with Crippen LogP contribution in [0.3, 0.4) is 0 Å². The van der Waals surface area contributed by atoms with Crippen molar-refractivity contribution in [2.45, 2.75) is 64.1 Å². The van der Waals surface area contributed by atoms with Crippen LogP contribution in [0.1, 0.15) is 48.4 Å². The molecule has 246 valence electrons. The number of aryl methyl sites for hydroxylation is 2. The lowest BCUT2D eigenvalue weighted by molar-refractivity contribution is -0.140. The number of ketones is 3. The minimum atomic E-state index is -0.935. The molecule has 4 aromatic rings. The summed E-state index contributed by atoms with van der Waals surface area (Å²) >= 11 is 0.